The van der Waals surface area contributed by atoms with Crippen molar-refractivity contribution in [2.24, 2.45) is 23.2 Å². The van der Waals surface area contributed by atoms with Gasteiger partial charge in [-0.25, -0.2) is 0 Å². The summed E-state index contributed by atoms with van der Waals surface area (Å²) in [7, 11) is 0. The number of ketones is 1. The van der Waals surface area contributed by atoms with Crippen molar-refractivity contribution in [2.45, 2.75) is 72.6 Å². The molecule has 130 valence electrons. The van der Waals surface area contributed by atoms with Crippen LogP contribution in [0.1, 0.15) is 72.6 Å². The highest BCUT2D eigenvalue weighted by Crippen LogP contribution is 2.56. The molecule has 2 aliphatic carbocycles. The number of esters is 1. The van der Waals surface area contributed by atoms with Gasteiger partial charge in [-0.15, -0.1) is 0 Å². The smallest absolute Gasteiger partial charge is 0.309 e. The van der Waals surface area contributed by atoms with E-state index in [2.05, 4.69) is 26.8 Å². The molecule has 23 heavy (non-hydrogen) atoms. The highest BCUT2D eigenvalue weighted by molar-refractivity contribution is 5.84. The van der Waals surface area contributed by atoms with Crippen molar-refractivity contribution in [3.8, 4) is 0 Å². The Hall–Kier alpha value is -1.12. The molecule has 0 aromatic rings. The molecule has 0 saturated heterocycles. The van der Waals surface area contributed by atoms with Crippen LogP contribution in [-0.2, 0) is 14.3 Å². The maximum absolute atomic E-state index is 12.6. The van der Waals surface area contributed by atoms with E-state index in [1.165, 1.54) is 5.57 Å². The third-order valence-electron chi connectivity index (χ3n) is 5.88. The zero-order valence-corrected chi connectivity index (χ0v) is 15.2. The molecule has 0 N–H and O–H groups in total. The molecule has 0 amide bonds. The number of carbonyl (C=O) groups excluding carboxylic acids is 2. The number of hydrogen-bond acceptors (Lipinski definition) is 3. The molecule has 2 aliphatic rings. The minimum absolute atomic E-state index is 0.0670. The summed E-state index contributed by atoms with van der Waals surface area (Å²) in [4.78, 5) is 25.1. The zero-order valence-electron chi connectivity index (χ0n) is 15.2. The first-order valence-corrected chi connectivity index (χ1v) is 9.21. The Morgan fingerprint density at radius 1 is 1.39 bits per heavy atom. The van der Waals surface area contributed by atoms with Crippen molar-refractivity contribution in [2.75, 3.05) is 6.61 Å². The highest BCUT2D eigenvalue weighted by Gasteiger charge is 2.53. The molecular formula is C20H32O3. The van der Waals surface area contributed by atoms with Gasteiger partial charge in [0.2, 0.25) is 0 Å². The average Bonchev–Trinajstić information content (AvgIpc) is 2.82. The third-order valence-corrected chi connectivity index (χ3v) is 5.88. The maximum Gasteiger partial charge on any atom is 0.309 e. The third kappa shape index (κ3) is 4.05. The van der Waals surface area contributed by atoms with E-state index in [9.17, 15) is 9.59 Å². The maximum atomic E-state index is 12.6. The summed E-state index contributed by atoms with van der Waals surface area (Å²) in [5, 5.41) is 0. The second-order valence-electron chi connectivity index (χ2n) is 7.87. The van der Waals surface area contributed by atoms with Crippen molar-refractivity contribution in [3.05, 3.63) is 11.6 Å². The Morgan fingerprint density at radius 3 is 2.78 bits per heavy atom. The van der Waals surface area contributed by atoms with Gasteiger partial charge in [-0.05, 0) is 70.6 Å². The number of carbonyl (C=O) groups is 2. The van der Waals surface area contributed by atoms with Crippen LogP contribution in [0.15, 0.2) is 11.6 Å². The van der Waals surface area contributed by atoms with E-state index >= 15 is 0 Å². The van der Waals surface area contributed by atoms with E-state index in [4.69, 9.17) is 4.74 Å². The molecule has 3 nitrogen and oxygen atoms in total. The molecule has 0 aromatic heterocycles. The van der Waals surface area contributed by atoms with E-state index in [1.54, 1.807) is 0 Å². The van der Waals surface area contributed by atoms with Gasteiger partial charge in [-0.3, -0.25) is 9.59 Å². The van der Waals surface area contributed by atoms with Gasteiger partial charge in [0.05, 0.1) is 12.5 Å². The summed E-state index contributed by atoms with van der Waals surface area (Å²) in [5.41, 5.74) is 1.39. The van der Waals surface area contributed by atoms with Gasteiger partial charge >= 0.3 is 5.97 Å². The van der Waals surface area contributed by atoms with Crippen molar-refractivity contribution in [1.29, 1.82) is 0 Å². The Morgan fingerprint density at radius 2 is 2.13 bits per heavy atom. The lowest BCUT2D eigenvalue weighted by Crippen LogP contribution is -2.40. The SMILES string of the molecule is CCOC(=O)[C@H](CCC=C(C)C)[C@H]1CC[C@]2(C)CCCC(=O)[C@H]12. The molecule has 3 heteroatoms. The summed E-state index contributed by atoms with van der Waals surface area (Å²) >= 11 is 0. The van der Waals surface area contributed by atoms with Gasteiger partial charge < -0.3 is 4.74 Å². The standard InChI is InChI=1S/C20H32O3/c1-5-23-19(22)16(9-6-8-14(2)3)15-11-13-20(4)12-7-10-17(21)18(15)20/h8,15-16,18H,5-7,9-13H2,1-4H3/t15-,16-,18+,20+/m1/s1. The Balaban J connectivity index is 2.18. The molecule has 0 aliphatic heterocycles. The monoisotopic (exact) mass is 320 g/mol. The van der Waals surface area contributed by atoms with Crippen LogP contribution in [0.4, 0.5) is 0 Å². The summed E-state index contributed by atoms with van der Waals surface area (Å²) < 4.78 is 5.35. The molecule has 0 spiro atoms. The minimum Gasteiger partial charge on any atom is -0.466 e. The van der Waals surface area contributed by atoms with Crippen LogP contribution in [0, 0.1) is 23.2 Å². The highest BCUT2D eigenvalue weighted by atomic mass is 16.5. The molecule has 0 heterocycles. The summed E-state index contributed by atoms with van der Waals surface area (Å²) in [6, 6.07) is 0. The number of fused-ring (bicyclic) bond motifs is 1. The quantitative estimate of drug-likeness (QED) is 0.526. The van der Waals surface area contributed by atoms with Gasteiger partial charge in [0, 0.05) is 12.3 Å². The summed E-state index contributed by atoms with van der Waals surface area (Å²) in [6.07, 6.45) is 8.78. The van der Waals surface area contributed by atoms with E-state index in [-0.39, 0.29) is 29.1 Å². The molecule has 0 aromatic carbocycles. The number of ether oxygens (including phenoxy) is 1. The molecule has 2 fully saturated rings. The van der Waals surface area contributed by atoms with Crippen LogP contribution < -0.4 is 0 Å². The van der Waals surface area contributed by atoms with Crippen molar-refractivity contribution in [1.82, 2.24) is 0 Å². The molecule has 2 rings (SSSR count). The predicted molar refractivity (Wildman–Crippen MR) is 92.0 cm³/mol. The van der Waals surface area contributed by atoms with E-state index in [0.717, 1.165) is 38.5 Å². The number of Topliss-reactive ketones (excluding diaryl/α,β-unsaturated/α-hetero) is 1. The predicted octanol–water partition coefficient (Wildman–Crippen LogP) is 4.70. The number of allylic oxidation sites excluding steroid dienone is 2. The van der Waals surface area contributed by atoms with Gasteiger partial charge in [-0.2, -0.15) is 0 Å². The van der Waals surface area contributed by atoms with Gasteiger partial charge in [0.15, 0.2) is 0 Å². The van der Waals surface area contributed by atoms with Crippen molar-refractivity contribution >= 4 is 11.8 Å². The topological polar surface area (TPSA) is 43.4 Å². The first kappa shape index (κ1) is 18.2. The molecule has 0 radical (unpaired) electrons. The number of rotatable bonds is 6. The van der Waals surface area contributed by atoms with Crippen LogP contribution in [-0.4, -0.2) is 18.4 Å². The molecule has 2 saturated carbocycles. The van der Waals surface area contributed by atoms with Gasteiger partial charge in [-0.1, -0.05) is 18.6 Å². The fourth-order valence-electron chi connectivity index (χ4n) is 4.81. The lowest BCUT2D eigenvalue weighted by Gasteiger charge is -2.38. The van der Waals surface area contributed by atoms with Crippen LogP contribution >= 0.6 is 0 Å². The second kappa shape index (κ2) is 7.63. The van der Waals surface area contributed by atoms with E-state index in [1.807, 2.05) is 6.92 Å². The van der Waals surface area contributed by atoms with Gasteiger partial charge in [0.25, 0.3) is 0 Å². The molecular weight excluding hydrogens is 288 g/mol. The Labute approximate surface area is 140 Å². The van der Waals surface area contributed by atoms with E-state index in [0.29, 0.717) is 18.8 Å². The van der Waals surface area contributed by atoms with E-state index < -0.39 is 0 Å². The Kier molecular flexibility index (Phi) is 6.05. The molecule has 0 unspecified atom stereocenters. The largest absolute Gasteiger partial charge is 0.466 e. The summed E-state index contributed by atoms with van der Waals surface area (Å²) in [6.45, 7) is 8.69. The fraction of sp³-hybridized carbons (Fsp3) is 0.800. The molecule has 0 bridgehead atoms. The number of hydrogen-bond donors (Lipinski definition) is 0. The van der Waals surface area contributed by atoms with Crippen LogP contribution in [0.3, 0.4) is 0 Å². The van der Waals surface area contributed by atoms with Gasteiger partial charge in [0.1, 0.15) is 5.78 Å². The minimum atomic E-state index is -0.126. The Bertz CT molecular complexity index is 475. The van der Waals surface area contributed by atoms with Crippen molar-refractivity contribution in [3.63, 3.8) is 0 Å². The first-order chi connectivity index (χ1) is 10.9. The summed E-state index contributed by atoms with van der Waals surface area (Å²) in [5.74, 6) is 0.411. The van der Waals surface area contributed by atoms with Crippen LogP contribution in [0.25, 0.3) is 0 Å². The average molecular weight is 320 g/mol. The van der Waals surface area contributed by atoms with Crippen LogP contribution in [0.2, 0.25) is 0 Å². The fourth-order valence-corrected chi connectivity index (χ4v) is 4.81. The lowest BCUT2D eigenvalue weighted by molar-refractivity contribution is -0.152. The second-order valence-corrected chi connectivity index (χ2v) is 7.87. The van der Waals surface area contributed by atoms with Crippen molar-refractivity contribution < 1.29 is 14.3 Å². The zero-order chi connectivity index (χ0) is 17.0. The first-order valence-electron chi connectivity index (χ1n) is 9.21. The normalized spacial score (nSPS) is 31.4. The molecule has 4 atom stereocenters. The lowest BCUT2D eigenvalue weighted by atomic mass is 9.64. The van der Waals surface area contributed by atoms with Crippen LogP contribution in [0.5, 0.6) is 0 Å².